The van der Waals surface area contributed by atoms with Gasteiger partial charge in [0.1, 0.15) is 0 Å². The fourth-order valence-electron chi connectivity index (χ4n) is 3.05. The highest BCUT2D eigenvalue weighted by Gasteiger charge is 2.19. The number of nitrogens with one attached hydrogen (secondary N) is 2. The molecular weight excluding hydrogens is 226 g/mol. The van der Waals surface area contributed by atoms with Crippen molar-refractivity contribution in [3.05, 3.63) is 0 Å². The Morgan fingerprint density at radius 1 is 1.39 bits per heavy atom. The predicted octanol–water partition coefficient (Wildman–Crippen LogP) is 0.834. The van der Waals surface area contributed by atoms with Gasteiger partial charge in [-0.15, -0.1) is 0 Å². The lowest BCUT2D eigenvalue weighted by atomic mass is 10.0. The second-order valence-corrected chi connectivity index (χ2v) is 5.97. The molecule has 2 rings (SSSR count). The Morgan fingerprint density at radius 2 is 2.28 bits per heavy atom. The third kappa shape index (κ3) is 4.58. The van der Waals surface area contributed by atoms with E-state index in [4.69, 9.17) is 0 Å². The Labute approximate surface area is 110 Å². The van der Waals surface area contributed by atoms with E-state index in [1.54, 1.807) is 0 Å². The van der Waals surface area contributed by atoms with Gasteiger partial charge in [0.25, 0.3) is 0 Å². The van der Waals surface area contributed by atoms with Crippen LogP contribution in [-0.2, 0) is 4.79 Å². The van der Waals surface area contributed by atoms with E-state index >= 15 is 0 Å². The Balaban J connectivity index is 1.49. The van der Waals surface area contributed by atoms with Crippen LogP contribution in [0.1, 0.15) is 32.1 Å². The maximum Gasteiger partial charge on any atom is 0.220 e. The van der Waals surface area contributed by atoms with E-state index in [9.17, 15) is 4.79 Å². The number of carbonyl (C=O) groups is 1. The van der Waals surface area contributed by atoms with Gasteiger partial charge in [-0.25, -0.2) is 0 Å². The van der Waals surface area contributed by atoms with Crippen LogP contribution >= 0.6 is 0 Å². The summed E-state index contributed by atoms with van der Waals surface area (Å²) in [6, 6.07) is 0. The van der Waals surface area contributed by atoms with Gasteiger partial charge in [0.05, 0.1) is 0 Å². The average molecular weight is 253 g/mol. The molecular formula is C14H27N3O. The fourth-order valence-corrected chi connectivity index (χ4v) is 3.05. The zero-order chi connectivity index (χ0) is 12.8. The van der Waals surface area contributed by atoms with Gasteiger partial charge in [0.2, 0.25) is 5.91 Å². The Hall–Kier alpha value is -0.610. The van der Waals surface area contributed by atoms with E-state index in [1.165, 1.54) is 32.4 Å². The molecule has 0 aliphatic carbocycles. The van der Waals surface area contributed by atoms with Crippen LogP contribution in [0, 0.1) is 11.8 Å². The summed E-state index contributed by atoms with van der Waals surface area (Å²) in [6.45, 7) is 5.48. The molecule has 2 unspecified atom stereocenters. The second kappa shape index (κ2) is 7.10. The zero-order valence-corrected chi connectivity index (χ0v) is 11.6. The van der Waals surface area contributed by atoms with Crippen LogP contribution in [0.2, 0.25) is 0 Å². The first-order valence-corrected chi connectivity index (χ1v) is 7.40. The summed E-state index contributed by atoms with van der Waals surface area (Å²) < 4.78 is 0. The van der Waals surface area contributed by atoms with Crippen LogP contribution in [-0.4, -0.2) is 50.6 Å². The number of rotatable bonds is 6. The number of nitrogens with zero attached hydrogens (tertiary/aromatic N) is 1. The number of hydrogen-bond donors (Lipinski definition) is 2. The summed E-state index contributed by atoms with van der Waals surface area (Å²) in [4.78, 5) is 14.1. The number of amides is 1. The van der Waals surface area contributed by atoms with Crippen molar-refractivity contribution in [1.82, 2.24) is 15.5 Å². The average Bonchev–Trinajstić information content (AvgIpc) is 2.98. The fraction of sp³-hybridized carbons (Fsp3) is 0.929. The molecule has 4 nitrogen and oxygen atoms in total. The Morgan fingerprint density at radius 3 is 2.94 bits per heavy atom. The van der Waals surface area contributed by atoms with E-state index in [2.05, 4.69) is 22.6 Å². The molecule has 0 bridgehead atoms. The smallest absolute Gasteiger partial charge is 0.220 e. The van der Waals surface area contributed by atoms with Crippen molar-refractivity contribution >= 4 is 5.91 Å². The molecule has 0 aromatic rings. The van der Waals surface area contributed by atoms with Gasteiger partial charge in [-0.2, -0.15) is 0 Å². The largest absolute Gasteiger partial charge is 0.356 e. The summed E-state index contributed by atoms with van der Waals surface area (Å²) in [6.07, 6.45) is 5.48. The topological polar surface area (TPSA) is 44.4 Å². The molecule has 18 heavy (non-hydrogen) atoms. The maximum atomic E-state index is 11.7. The Bertz CT molecular complexity index is 264. The number of likely N-dealkylation sites (tertiary alicyclic amines) is 1. The minimum absolute atomic E-state index is 0.244. The van der Waals surface area contributed by atoms with E-state index < -0.39 is 0 Å². The SMILES string of the molecule is CN1CCC(CCCC(=O)NCC2CCNC2)C1. The minimum atomic E-state index is 0.244. The summed E-state index contributed by atoms with van der Waals surface area (Å²) in [5, 5.41) is 6.39. The van der Waals surface area contributed by atoms with Gasteiger partial charge in [0, 0.05) is 19.5 Å². The molecule has 2 saturated heterocycles. The van der Waals surface area contributed by atoms with Crippen molar-refractivity contribution < 1.29 is 4.79 Å². The molecule has 2 fully saturated rings. The van der Waals surface area contributed by atoms with E-state index in [0.717, 1.165) is 32.0 Å². The molecule has 2 aliphatic rings. The van der Waals surface area contributed by atoms with Crippen LogP contribution in [0.3, 0.4) is 0 Å². The van der Waals surface area contributed by atoms with Gasteiger partial charge in [-0.1, -0.05) is 0 Å². The van der Waals surface area contributed by atoms with Crippen molar-refractivity contribution in [2.24, 2.45) is 11.8 Å². The highest BCUT2D eigenvalue weighted by atomic mass is 16.1. The van der Waals surface area contributed by atoms with Crippen molar-refractivity contribution in [1.29, 1.82) is 0 Å². The zero-order valence-electron chi connectivity index (χ0n) is 11.6. The van der Waals surface area contributed by atoms with Crippen molar-refractivity contribution in [3.8, 4) is 0 Å². The first-order chi connectivity index (χ1) is 8.74. The highest BCUT2D eigenvalue weighted by Crippen LogP contribution is 2.20. The van der Waals surface area contributed by atoms with Crippen LogP contribution in [0.25, 0.3) is 0 Å². The molecule has 2 atom stereocenters. The van der Waals surface area contributed by atoms with Crippen LogP contribution in [0.4, 0.5) is 0 Å². The standard InChI is InChI=1S/C14H27N3O/c1-17-8-6-12(11-17)3-2-4-14(18)16-10-13-5-7-15-9-13/h12-13,15H,2-11H2,1H3,(H,16,18). The maximum absolute atomic E-state index is 11.7. The first kappa shape index (κ1) is 13.8. The van der Waals surface area contributed by atoms with Gasteiger partial charge in [0.15, 0.2) is 0 Å². The normalized spacial score (nSPS) is 28.7. The minimum Gasteiger partial charge on any atom is -0.356 e. The molecule has 2 heterocycles. The van der Waals surface area contributed by atoms with Crippen LogP contribution in [0.15, 0.2) is 0 Å². The molecule has 4 heteroatoms. The van der Waals surface area contributed by atoms with Crippen LogP contribution < -0.4 is 10.6 Å². The van der Waals surface area contributed by atoms with Crippen molar-refractivity contribution in [3.63, 3.8) is 0 Å². The van der Waals surface area contributed by atoms with Gasteiger partial charge >= 0.3 is 0 Å². The van der Waals surface area contributed by atoms with E-state index in [1.807, 2.05) is 0 Å². The lowest BCUT2D eigenvalue weighted by Crippen LogP contribution is -2.30. The predicted molar refractivity (Wildman–Crippen MR) is 73.4 cm³/mol. The Kier molecular flexibility index (Phi) is 5.45. The number of hydrogen-bond acceptors (Lipinski definition) is 3. The molecule has 2 N–H and O–H groups in total. The highest BCUT2D eigenvalue weighted by molar-refractivity contribution is 5.75. The van der Waals surface area contributed by atoms with E-state index in [0.29, 0.717) is 12.3 Å². The quantitative estimate of drug-likeness (QED) is 0.737. The van der Waals surface area contributed by atoms with Gasteiger partial charge in [-0.05, 0) is 64.2 Å². The van der Waals surface area contributed by atoms with E-state index in [-0.39, 0.29) is 5.91 Å². The lowest BCUT2D eigenvalue weighted by Gasteiger charge is -2.11. The molecule has 1 amide bonds. The molecule has 0 saturated carbocycles. The van der Waals surface area contributed by atoms with Crippen molar-refractivity contribution in [2.45, 2.75) is 32.1 Å². The molecule has 0 spiro atoms. The molecule has 2 aliphatic heterocycles. The number of carbonyl (C=O) groups excluding carboxylic acids is 1. The molecule has 0 aromatic heterocycles. The molecule has 0 radical (unpaired) electrons. The molecule has 104 valence electrons. The third-order valence-corrected chi connectivity index (χ3v) is 4.26. The van der Waals surface area contributed by atoms with Crippen LogP contribution in [0.5, 0.6) is 0 Å². The summed E-state index contributed by atoms with van der Waals surface area (Å²) >= 11 is 0. The van der Waals surface area contributed by atoms with Crippen molar-refractivity contribution in [2.75, 3.05) is 39.8 Å². The van der Waals surface area contributed by atoms with Gasteiger partial charge in [-0.3, -0.25) is 4.79 Å². The third-order valence-electron chi connectivity index (χ3n) is 4.26. The second-order valence-electron chi connectivity index (χ2n) is 5.97. The lowest BCUT2D eigenvalue weighted by molar-refractivity contribution is -0.121. The van der Waals surface area contributed by atoms with Gasteiger partial charge < -0.3 is 15.5 Å². The summed E-state index contributed by atoms with van der Waals surface area (Å²) in [5.74, 6) is 1.72. The summed E-state index contributed by atoms with van der Waals surface area (Å²) in [7, 11) is 2.18. The summed E-state index contributed by atoms with van der Waals surface area (Å²) in [5.41, 5.74) is 0. The first-order valence-electron chi connectivity index (χ1n) is 7.40. The monoisotopic (exact) mass is 253 g/mol. The molecule has 0 aromatic carbocycles.